The van der Waals surface area contributed by atoms with Crippen LogP contribution in [-0.4, -0.2) is 45.5 Å². The van der Waals surface area contributed by atoms with E-state index in [1.54, 1.807) is 18.3 Å². The molecule has 8 heteroatoms. The van der Waals surface area contributed by atoms with Gasteiger partial charge in [-0.25, -0.2) is 17.9 Å². The normalized spacial score (nSPS) is 12.9. The maximum absolute atomic E-state index is 12.7. The van der Waals surface area contributed by atoms with Crippen molar-refractivity contribution in [3.05, 3.63) is 52.2 Å². The van der Waals surface area contributed by atoms with Gasteiger partial charge in [0.15, 0.2) is 0 Å². The van der Waals surface area contributed by atoms with Crippen molar-refractivity contribution in [2.24, 2.45) is 0 Å². The third-order valence-corrected chi connectivity index (χ3v) is 6.46. The van der Waals surface area contributed by atoms with E-state index in [1.807, 2.05) is 16.8 Å². The highest BCUT2D eigenvalue weighted by Gasteiger charge is 2.22. The van der Waals surface area contributed by atoms with Crippen LogP contribution in [0.15, 0.2) is 46.0 Å². The molecule has 0 aliphatic rings. The predicted molar refractivity (Wildman–Crippen MR) is 108 cm³/mol. The quantitative estimate of drug-likeness (QED) is 0.608. The van der Waals surface area contributed by atoms with E-state index in [0.29, 0.717) is 5.56 Å². The van der Waals surface area contributed by atoms with E-state index in [-0.39, 0.29) is 24.1 Å². The minimum atomic E-state index is -3.68. The molecule has 2 rings (SSSR count). The molecule has 27 heavy (non-hydrogen) atoms. The van der Waals surface area contributed by atoms with Crippen LogP contribution < -0.4 is 4.72 Å². The highest BCUT2D eigenvalue weighted by Crippen LogP contribution is 2.23. The Labute approximate surface area is 165 Å². The molecule has 0 fully saturated rings. The number of esters is 1. The van der Waals surface area contributed by atoms with Crippen LogP contribution in [-0.2, 0) is 14.8 Å². The summed E-state index contributed by atoms with van der Waals surface area (Å²) in [4.78, 5) is 14.0. The number of carbonyl (C=O) groups is 1. The van der Waals surface area contributed by atoms with Gasteiger partial charge in [0.05, 0.1) is 17.1 Å². The molecule has 0 aliphatic carbocycles. The first-order chi connectivity index (χ1) is 12.9. The molecular weight excluding hydrogens is 384 g/mol. The van der Waals surface area contributed by atoms with Crippen molar-refractivity contribution in [2.75, 3.05) is 26.2 Å². The van der Waals surface area contributed by atoms with Gasteiger partial charge in [-0.2, -0.15) is 11.3 Å². The van der Waals surface area contributed by atoms with Crippen LogP contribution in [0, 0.1) is 0 Å². The maximum Gasteiger partial charge on any atom is 0.338 e. The summed E-state index contributed by atoms with van der Waals surface area (Å²) in [6.45, 7) is 8.05. The van der Waals surface area contributed by atoms with E-state index in [9.17, 15) is 13.2 Å². The summed E-state index contributed by atoms with van der Waals surface area (Å²) < 4.78 is 33.0. The standard InChI is InChI=1S/C19H26N2O4S2/c1-4-21(5-2)18(16-11-12-26-14-16)13-20-27(23,24)17-9-7-15(8-10-17)19(22)25-6-3/h7-12,14,18,20H,4-6,13H2,1-3H3. The second kappa shape index (κ2) is 9.98. The number of thiophene rings is 1. The fraction of sp³-hybridized carbons (Fsp3) is 0.421. The van der Waals surface area contributed by atoms with Gasteiger partial charge in [-0.3, -0.25) is 4.90 Å². The van der Waals surface area contributed by atoms with Crippen LogP contribution in [0.25, 0.3) is 0 Å². The van der Waals surface area contributed by atoms with Crippen molar-refractivity contribution in [1.82, 2.24) is 9.62 Å². The Bertz CT molecular complexity index is 814. The number of sulfonamides is 1. The number of hydrogen-bond acceptors (Lipinski definition) is 6. The fourth-order valence-electron chi connectivity index (χ4n) is 2.84. The molecule has 0 bridgehead atoms. The molecule has 148 valence electrons. The van der Waals surface area contributed by atoms with E-state index in [4.69, 9.17) is 4.74 Å². The van der Waals surface area contributed by atoms with Gasteiger partial charge in [-0.15, -0.1) is 0 Å². The molecule has 6 nitrogen and oxygen atoms in total. The number of nitrogens with zero attached hydrogens (tertiary/aromatic N) is 1. The van der Waals surface area contributed by atoms with Gasteiger partial charge in [-0.1, -0.05) is 13.8 Å². The van der Waals surface area contributed by atoms with Crippen LogP contribution in [0.5, 0.6) is 0 Å². The van der Waals surface area contributed by atoms with Gasteiger partial charge >= 0.3 is 5.97 Å². The highest BCUT2D eigenvalue weighted by atomic mass is 32.2. The second-order valence-electron chi connectivity index (χ2n) is 5.89. The molecule has 1 unspecified atom stereocenters. The third-order valence-electron chi connectivity index (χ3n) is 4.32. The minimum absolute atomic E-state index is 0.0279. The predicted octanol–water partition coefficient (Wildman–Crippen LogP) is 3.29. The minimum Gasteiger partial charge on any atom is -0.462 e. The average molecular weight is 411 g/mol. The first-order valence-electron chi connectivity index (χ1n) is 8.95. The lowest BCUT2D eigenvalue weighted by Crippen LogP contribution is -2.37. The van der Waals surface area contributed by atoms with Gasteiger partial charge in [0.25, 0.3) is 0 Å². The molecule has 0 saturated heterocycles. The molecule has 1 atom stereocenters. The number of benzene rings is 1. The van der Waals surface area contributed by atoms with Gasteiger partial charge in [0, 0.05) is 12.6 Å². The van der Waals surface area contributed by atoms with Gasteiger partial charge in [0.2, 0.25) is 10.0 Å². The Morgan fingerprint density at radius 3 is 2.33 bits per heavy atom. The lowest BCUT2D eigenvalue weighted by Gasteiger charge is -2.29. The Morgan fingerprint density at radius 2 is 1.81 bits per heavy atom. The Morgan fingerprint density at radius 1 is 1.15 bits per heavy atom. The lowest BCUT2D eigenvalue weighted by molar-refractivity contribution is 0.0526. The first-order valence-corrected chi connectivity index (χ1v) is 11.4. The summed E-state index contributed by atoms with van der Waals surface area (Å²) in [6, 6.07) is 7.77. The lowest BCUT2D eigenvalue weighted by atomic mass is 10.1. The number of nitrogens with one attached hydrogen (secondary N) is 1. The second-order valence-corrected chi connectivity index (χ2v) is 8.44. The zero-order chi connectivity index (χ0) is 19.9. The number of rotatable bonds is 10. The molecule has 1 N–H and O–H groups in total. The van der Waals surface area contributed by atoms with E-state index in [2.05, 4.69) is 23.5 Å². The van der Waals surface area contributed by atoms with Crippen molar-refractivity contribution in [3.63, 3.8) is 0 Å². The smallest absolute Gasteiger partial charge is 0.338 e. The molecule has 0 spiro atoms. The fourth-order valence-corrected chi connectivity index (χ4v) is 4.59. The summed E-state index contributed by atoms with van der Waals surface area (Å²) >= 11 is 1.60. The summed E-state index contributed by atoms with van der Waals surface area (Å²) in [5.41, 5.74) is 1.43. The van der Waals surface area contributed by atoms with E-state index < -0.39 is 16.0 Å². The summed E-state index contributed by atoms with van der Waals surface area (Å²) in [5.74, 6) is -0.464. The van der Waals surface area contributed by atoms with Crippen LogP contribution in [0.2, 0.25) is 0 Å². The van der Waals surface area contributed by atoms with Crippen molar-refractivity contribution < 1.29 is 17.9 Å². The van der Waals surface area contributed by atoms with Crippen LogP contribution in [0.3, 0.4) is 0 Å². The molecule has 2 aromatic rings. The van der Waals surface area contributed by atoms with E-state index in [0.717, 1.165) is 18.7 Å². The number of likely N-dealkylation sites (N-methyl/N-ethyl adjacent to an activating group) is 1. The largest absolute Gasteiger partial charge is 0.462 e. The maximum atomic E-state index is 12.7. The molecule has 0 aliphatic heterocycles. The summed E-state index contributed by atoms with van der Waals surface area (Å²) in [5, 5.41) is 4.04. The molecule has 0 amide bonds. The molecule has 1 heterocycles. The van der Waals surface area contributed by atoms with E-state index in [1.165, 1.54) is 24.3 Å². The topological polar surface area (TPSA) is 75.7 Å². The first kappa shape index (κ1) is 21.6. The number of ether oxygens (including phenoxy) is 1. The molecule has 0 saturated carbocycles. The molecule has 0 radical (unpaired) electrons. The SMILES string of the molecule is CCOC(=O)c1ccc(S(=O)(=O)NCC(c2ccsc2)N(CC)CC)cc1. The summed E-state index contributed by atoms with van der Waals surface area (Å²) in [7, 11) is -3.68. The van der Waals surface area contributed by atoms with Crippen molar-refractivity contribution >= 4 is 27.3 Å². The Kier molecular flexibility index (Phi) is 7.97. The molecule has 1 aromatic carbocycles. The van der Waals surface area contributed by atoms with Crippen LogP contribution in [0.4, 0.5) is 0 Å². The van der Waals surface area contributed by atoms with Gasteiger partial charge in [0.1, 0.15) is 0 Å². The Balaban J connectivity index is 2.13. The van der Waals surface area contributed by atoms with Crippen molar-refractivity contribution in [3.8, 4) is 0 Å². The molecule has 1 aromatic heterocycles. The molecular formula is C19H26N2O4S2. The number of hydrogen-bond donors (Lipinski definition) is 1. The Hall–Kier alpha value is -1.74. The van der Waals surface area contributed by atoms with Crippen LogP contribution in [0.1, 0.15) is 42.7 Å². The zero-order valence-corrected chi connectivity index (χ0v) is 17.5. The monoisotopic (exact) mass is 410 g/mol. The van der Waals surface area contributed by atoms with Gasteiger partial charge in [-0.05, 0) is 66.7 Å². The third kappa shape index (κ3) is 5.62. The van der Waals surface area contributed by atoms with Gasteiger partial charge < -0.3 is 4.74 Å². The van der Waals surface area contributed by atoms with Crippen molar-refractivity contribution in [2.45, 2.75) is 31.7 Å². The average Bonchev–Trinajstić information content (AvgIpc) is 3.20. The van der Waals surface area contributed by atoms with E-state index >= 15 is 0 Å². The highest BCUT2D eigenvalue weighted by molar-refractivity contribution is 7.89. The van der Waals surface area contributed by atoms with Crippen LogP contribution >= 0.6 is 11.3 Å². The zero-order valence-electron chi connectivity index (χ0n) is 15.8. The summed E-state index contributed by atoms with van der Waals surface area (Å²) in [6.07, 6.45) is 0. The number of carbonyl (C=O) groups excluding carboxylic acids is 1. The van der Waals surface area contributed by atoms with Crippen molar-refractivity contribution in [1.29, 1.82) is 0 Å².